The number of aromatic nitrogens is 2. The standard InChI is InChI=1S/C12H14N2O/c1-8(2)10-6-9-4-5-11(15-3)14-12(9)13-7-10/h4-8H,1-3H3. The SMILES string of the molecule is COc1ccc2cc(C(C)C)cnc2n1. The summed E-state index contributed by atoms with van der Waals surface area (Å²) in [6, 6.07) is 5.97. The maximum absolute atomic E-state index is 5.05. The normalized spacial score (nSPS) is 10.9. The first kappa shape index (κ1) is 9.90. The highest BCUT2D eigenvalue weighted by molar-refractivity contribution is 5.75. The van der Waals surface area contributed by atoms with Gasteiger partial charge in [-0.2, -0.15) is 4.98 Å². The number of pyridine rings is 2. The van der Waals surface area contributed by atoms with Gasteiger partial charge in [0.25, 0.3) is 0 Å². The molecule has 0 aliphatic rings. The maximum atomic E-state index is 5.05. The fourth-order valence-corrected chi connectivity index (χ4v) is 1.44. The zero-order valence-electron chi connectivity index (χ0n) is 9.19. The average molecular weight is 202 g/mol. The molecule has 2 aromatic heterocycles. The Morgan fingerprint density at radius 1 is 1.27 bits per heavy atom. The monoisotopic (exact) mass is 202 g/mol. The van der Waals surface area contributed by atoms with Crippen LogP contribution < -0.4 is 4.74 Å². The molecule has 0 radical (unpaired) electrons. The summed E-state index contributed by atoms with van der Waals surface area (Å²) in [5.74, 6) is 1.09. The van der Waals surface area contributed by atoms with E-state index >= 15 is 0 Å². The van der Waals surface area contributed by atoms with Crippen molar-refractivity contribution in [1.82, 2.24) is 9.97 Å². The fourth-order valence-electron chi connectivity index (χ4n) is 1.44. The van der Waals surface area contributed by atoms with Gasteiger partial charge in [0.2, 0.25) is 5.88 Å². The largest absolute Gasteiger partial charge is 0.481 e. The van der Waals surface area contributed by atoms with Crippen LogP contribution in [-0.4, -0.2) is 17.1 Å². The third-order valence-electron chi connectivity index (χ3n) is 2.41. The quantitative estimate of drug-likeness (QED) is 0.751. The minimum atomic E-state index is 0.490. The van der Waals surface area contributed by atoms with Crippen LogP contribution in [0.4, 0.5) is 0 Å². The summed E-state index contributed by atoms with van der Waals surface area (Å²) in [7, 11) is 1.61. The molecule has 0 spiro atoms. The van der Waals surface area contributed by atoms with Crippen LogP contribution in [0.3, 0.4) is 0 Å². The number of hydrogen-bond acceptors (Lipinski definition) is 3. The minimum absolute atomic E-state index is 0.490. The van der Waals surface area contributed by atoms with Gasteiger partial charge in [-0.25, -0.2) is 4.98 Å². The first-order chi connectivity index (χ1) is 7.20. The van der Waals surface area contributed by atoms with Gasteiger partial charge in [0.05, 0.1) is 7.11 Å². The second-order valence-corrected chi connectivity index (χ2v) is 3.82. The van der Waals surface area contributed by atoms with Gasteiger partial charge >= 0.3 is 0 Å². The van der Waals surface area contributed by atoms with Crippen LogP contribution in [0.15, 0.2) is 24.4 Å². The molecular formula is C12H14N2O. The predicted molar refractivity (Wildman–Crippen MR) is 60.2 cm³/mol. The molecule has 0 saturated heterocycles. The van der Waals surface area contributed by atoms with Crippen LogP contribution in [0, 0.1) is 0 Å². The van der Waals surface area contributed by atoms with Gasteiger partial charge in [0, 0.05) is 17.6 Å². The van der Waals surface area contributed by atoms with Crippen molar-refractivity contribution in [2.75, 3.05) is 7.11 Å². The minimum Gasteiger partial charge on any atom is -0.481 e. The summed E-state index contributed by atoms with van der Waals surface area (Å²) in [5, 5.41) is 1.06. The van der Waals surface area contributed by atoms with E-state index in [0.29, 0.717) is 11.8 Å². The lowest BCUT2D eigenvalue weighted by molar-refractivity contribution is 0.399. The molecule has 0 aromatic carbocycles. The lowest BCUT2D eigenvalue weighted by atomic mass is 10.0. The molecule has 2 aromatic rings. The molecule has 0 unspecified atom stereocenters. The topological polar surface area (TPSA) is 35.0 Å². The number of fused-ring (bicyclic) bond motifs is 1. The van der Waals surface area contributed by atoms with Crippen molar-refractivity contribution < 1.29 is 4.74 Å². The number of ether oxygens (including phenoxy) is 1. The molecule has 3 nitrogen and oxygen atoms in total. The molecule has 3 heteroatoms. The Morgan fingerprint density at radius 2 is 2.07 bits per heavy atom. The lowest BCUT2D eigenvalue weighted by Gasteiger charge is -2.06. The summed E-state index contributed by atoms with van der Waals surface area (Å²) in [4.78, 5) is 8.58. The van der Waals surface area contributed by atoms with Crippen molar-refractivity contribution in [3.05, 3.63) is 30.0 Å². The molecular weight excluding hydrogens is 188 g/mol. The number of hydrogen-bond donors (Lipinski definition) is 0. The molecule has 0 aliphatic heterocycles. The molecule has 0 N–H and O–H groups in total. The zero-order chi connectivity index (χ0) is 10.8. The van der Waals surface area contributed by atoms with Gasteiger partial charge in [-0.05, 0) is 23.6 Å². The summed E-state index contributed by atoms with van der Waals surface area (Å²) in [5.41, 5.74) is 1.97. The third-order valence-corrected chi connectivity index (χ3v) is 2.41. The smallest absolute Gasteiger partial charge is 0.215 e. The zero-order valence-corrected chi connectivity index (χ0v) is 9.19. The van der Waals surface area contributed by atoms with Crippen LogP contribution >= 0.6 is 0 Å². The van der Waals surface area contributed by atoms with Crippen LogP contribution in [0.5, 0.6) is 5.88 Å². The first-order valence-corrected chi connectivity index (χ1v) is 5.01. The molecule has 2 rings (SSSR count). The van der Waals surface area contributed by atoms with E-state index < -0.39 is 0 Å². The van der Waals surface area contributed by atoms with Crippen LogP contribution in [0.1, 0.15) is 25.3 Å². The molecule has 0 amide bonds. The molecule has 0 bridgehead atoms. The Bertz CT molecular complexity index is 480. The molecule has 78 valence electrons. The Morgan fingerprint density at radius 3 is 2.73 bits per heavy atom. The van der Waals surface area contributed by atoms with E-state index in [1.54, 1.807) is 7.11 Å². The number of rotatable bonds is 2. The number of methoxy groups -OCH3 is 1. The lowest BCUT2D eigenvalue weighted by Crippen LogP contribution is -1.93. The fraction of sp³-hybridized carbons (Fsp3) is 0.333. The van der Waals surface area contributed by atoms with E-state index in [9.17, 15) is 0 Å². The van der Waals surface area contributed by atoms with Crippen molar-refractivity contribution in [2.24, 2.45) is 0 Å². The van der Waals surface area contributed by atoms with Crippen molar-refractivity contribution >= 4 is 11.0 Å². The van der Waals surface area contributed by atoms with Gasteiger partial charge in [0.1, 0.15) is 0 Å². The van der Waals surface area contributed by atoms with E-state index in [1.165, 1.54) is 5.56 Å². The summed E-state index contributed by atoms with van der Waals surface area (Å²) >= 11 is 0. The highest BCUT2D eigenvalue weighted by atomic mass is 16.5. The molecule has 0 atom stereocenters. The molecule has 2 heterocycles. The second kappa shape index (κ2) is 3.85. The molecule has 0 fully saturated rings. The maximum Gasteiger partial charge on any atom is 0.215 e. The van der Waals surface area contributed by atoms with Gasteiger partial charge in [-0.3, -0.25) is 0 Å². The van der Waals surface area contributed by atoms with E-state index in [4.69, 9.17) is 4.74 Å². The van der Waals surface area contributed by atoms with E-state index in [1.807, 2.05) is 18.3 Å². The molecule has 15 heavy (non-hydrogen) atoms. The van der Waals surface area contributed by atoms with Crippen LogP contribution in [0.2, 0.25) is 0 Å². The average Bonchev–Trinajstić information content (AvgIpc) is 2.27. The summed E-state index contributed by atoms with van der Waals surface area (Å²) in [6.07, 6.45) is 1.87. The van der Waals surface area contributed by atoms with Crippen LogP contribution in [-0.2, 0) is 0 Å². The number of nitrogens with zero attached hydrogens (tertiary/aromatic N) is 2. The Labute approximate surface area is 89.1 Å². The van der Waals surface area contributed by atoms with Gasteiger partial charge < -0.3 is 4.74 Å². The van der Waals surface area contributed by atoms with Gasteiger partial charge in [-0.15, -0.1) is 0 Å². The Hall–Kier alpha value is -1.64. The second-order valence-electron chi connectivity index (χ2n) is 3.82. The third kappa shape index (κ3) is 1.91. The predicted octanol–water partition coefficient (Wildman–Crippen LogP) is 2.76. The molecule has 0 saturated carbocycles. The highest BCUT2D eigenvalue weighted by Crippen LogP contribution is 2.19. The van der Waals surface area contributed by atoms with Crippen molar-refractivity contribution in [3.63, 3.8) is 0 Å². The highest BCUT2D eigenvalue weighted by Gasteiger charge is 2.03. The van der Waals surface area contributed by atoms with Crippen LogP contribution in [0.25, 0.3) is 11.0 Å². The Balaban J connectivity index is 2.55. The van der Waals surface area contributed by atoms with Gasteiger partial charge in [0.15, 0.2) is 5.65 Å². The van der Waals surface area contributed by atoms with E-state index in [0.717, 1.165) is 11.0 Å². The molecule has 0 aliphatic carbocycles. The first-order valence-electron chi connectivity index (χ1n) is 5.01. The van der Waals surface area contributed by atoms with E-state index in [-0.39, 0.29) is 0 Å². The van der Waals surface area contributed by atoms with Crippen molar-refractivity contribution in [2.45, 2.75) is 19.8 Å². The Kier molecular flexibility index (Phi) is 2.54. The van der Waals surface area contributed by atoms with Crippen molar-refractivity contribution in [1.29, 1.82) is 0 Å². The van der Waals surface area contributed by atoms with E-state index in [2.05, 4.69) is 29.9 Å². The summed E-state index contributed by atoms with van der Waals surface area (Å²) < 4.78 is 5.05. The van der Waals surface area contributed by atoms with Crippen molar-refractivity contribution in [3.8, 4) is 5.88 Å². The van der Waals surface area contributed by atoms with Gasteiger partial charge in [-0.1, -0.05) is 13.8 Å². The summed E-state index contributed by atoms with van der Waals surface area (Å²) in [6.45, 7) is 4.31.